The second-order valence-electron chi connectivity index (χ2n) is 7.86. The molecule has 1 saturated heterocycles. The molecule has 1 aromatic carbocycles. The molecule has 6 nitrogen and oxygen atoms in total. The molecular formula is C18H20F4N2O4. The van der Waals surface area contributed by atoms with Gasteiger partial charge in [0, 0.05) is 6.04 Å². The summed E-state index contributed by atoms with van der Waals surface area (Å²) in [5.74, 6) is -2.93. The van der Waals surface area contributed by atoms with Gasteiger partial charge in [-0.1, -0.05) is 6.07 Å². The van der Waals surface area contributed by atoms with Gasteiger partial charge in [0.25, 0.3) is 0 Å². The summed E-state index contributed by atoms with van der Waals surface area (Å²) >= 11 is 0. The Morgan fingerprint density at radius 2 is 1.86 bits per heavy atom. The lowest BCUT2D eigenvalue weighted by atomic mass is 10.1. The van der Waals surface area contributed by atoms with Gasteiger partial charge in [0.1, 0.15) is 11.6 Å². The van der Waals surface area contributed by atoms with Gasteiger partial charge >= 0.3 is 12.5 Å². The molecule has 1 saturated carbocycles. The van der Waals surface area contributed by atoms with E-state index >= 15 is 0 Å². The lowest BCUT2D eigenvalue weighted by Crippen LogP contribution is -2.47. The average Bonchev–Trinajstić information content (AvgIpc) is 3.18. The molecule has 0 radical (unpaired) electrons. The summed E-state index contributed by atoms with van der Waals surface area (Å²) in [6, 6.07) is 2.04. The number of amides is 2. The SMILES string of the molecule is CC(C)(C)OC(=O)N1[C@@H]2C[C@H]2C[C@H]1C(=O)Nc1cccc(OC(F)(F)F)c1F. The van der Waals surface area contributed by atoms with E-state index in [4.69, 9.17) is 4.74 Å². The van der Waals surface area contributed by atoms with E-state index in [0.717, 1.165) is 24.6 Å². The van der Waals surface area contributed by atoms with E-state index in [2.05, 4.69) is 10.1 Å². The molecule has 1 aliphatic carbocycles. The maximum Gasteiger partial charge on any atom is 0.573 e. The molecule has 0 bridgehead atoms. The maximum atomic E-state index is 14.3. The molecule has 1 heterocycles. The van der Waals surface area contributed by atoms with Crippen LogP contribution in [0, 0.1) is 11.7 Å². The molecule has 28 heavy (non-hydrogen) atoms. The summed E-state index contributed by atoms with van der Waals surface area (Å²) in [6.07, 6.45) is -4.57. The summed E-state index contributed by atoms with van der Waals surface area (Å²) in [6.45, 7) is 5.09. The number of anilines is 1. The summed E-state index contributed by atoms with van der Waals surface area (Å²) in [4.78, 5) is 26.4. The molecule has 2 fully saturated rings. The zero-order chi connectivity index (χ0) is 20.9. The summed E-state index contributed by atoms with van der Waals surface area (Å²) < 4.78 is 60.3. The molecule has 0 aromatic heterocycles. The van der Waals surface area contributed by atoms with Crippen molar-refractivity contribution in [1.29, 1.82) is 0 Å². The molecule has 0 unspecified atom stereocenters. The summed E-state index contributed by atoms with van der Waals surface area (Å²) in [7, 11) is 0. The first kappa shape index (κ1) is 20.2. The quantitative estimate of drug-likeness (QED) is 0.772. The Kier molecular flexibility index (Phi) is 4.93. The van der Waals surface area contributed by atoms with Crippen molar-refractivity contribution >= 4 is 17.7 Å². The van der Waals surface area contributed by atoms with Gasteiger partial charge < -0.3 is 14.8 Å². The largest absolute Gasteiger partial charge is 0.573 e. The van der Waals surface area contributed by atoms with Gasteiger partial charge in [-0.15, -0.1) is 13.2 Å². The lowest BCUT2D eigenvalue weighted by Gasteiger charge is -2.30. The van der Waals surface area contributed by atoms with Gasteiger partial charge in [0.2, 0.25) is 5.91 Å². The average molecular weight is 404 g/mol. The maximum absolute atomic E-state index is 14.3. The van der Waals surface area contributed by atoms with Crippen LogP contribution in [0.4, 0.5) is 28.0 Å². The minimum Gasteiger partial charge on any atom is -0.444 e. The topological polar surface area (TPSA) is 67.9 Å². The number of likely N-dealkylation sites (tertiary alicyclic amines) is 1. The monoisotopic (exact) mass is 404 g/mol. The molecule has 1 aliphatic heterocycles. The normalized spacial score (nSPS) is 23.8. The number of ether oxygens (including phenoxy) is 2. The first-order chi connectivity index (χ1) is 12.9. The van der Waals surface area contributed by atoms with Gasteiger partial charge in [-0.3, -0.25) is 9.69 Å². The predicted molar refractivity (Wildman–Crippen MR) is 90.1 cm³/mol. The fourth-order valence-corrected chi connectivity index (χ4v) is 3.29. The van der Waals surface area contributed by atoms with E-state index in [-0.39, 0.29) is 12.0 Å². The molecule has 0 spiro atoms. The van der Waals surface area contributed by atoms with Crippen LogP contribution in [0.5, 0.6) is 5.75 Å². The Bertz CT molecular complexity index is 791. The number of carbonyl (C=O) groups is 2. The molecule has 3 rings (SSSR count). The van der Waals surface area contributed by atoms with Crippen LogP contribution in [0.1, 0.15) is 33.6 Å². The van der Waals surface area contributed by atoms with Crippen molar-refractivity contribution in [2.45, 2.75) is 57.7 Å². The van der Waals surface area contributed by atoms with Crippen LogP contribution in [0.15, 0.2) is 18.2 Å². The number of hydrogen-bond donors (Lipinski definition) is 1. The van der Waals surface area contributed by atoms with Crippen LogP contribution in [-0.2, 0) is 9.53 Å². The van der Waals surface area contributed by atoms with Crippen LogP contribution < -0.4 is 10.1 Å². The van der Waals surface area contributed by atoms with Gasteiger partial charge in [-0.2, -0.15) is 0 Å². The number of halogens is 4. The third-order valence-corrected chi connectivity index (χ3v) is 4.46. The first-order valence-electron chi connectivity index (χ1n) is 8.72. The molecule has 2 aliphatic rings. The summed E-state index contributed by atoms with van der Waals surface area (Å²) in [5, 5.41) is 2.26. The van der Waals surface area contributed by atoms with Gasteiger partial charge in [0.05, 0.1) is 5.69 Å². The van der Waals surface area contributed by atoms with Gasteiger partial charge in [-0.25, -0.2) is 9.18 Å². The predicted octanol–water partition coefficient (Wildman–Crippen LogP) is 4.06. The van der Waals surface area contributed by atoms with Crippen molar-refractivity contribution in [3.05, 3.63) is 24.0 Å². The molecule has 154 valence electrons. The van der Waals surface area contributed by atoms with Crippen LogP contribution in [-0.4, -0.2) is 40.9 Å². The highest BCUT2D eigenvalue weighted by molar-refractivity contribution is 5.97. The number of nitrogens with zero attached hydrogens (tertiary/aromatic N) is 1. The highest BCUT2D eigenvalue weighted by atomic mass is 19.4. The fourth-order valence-electron chi connectivity index (χ4n) is 3.29. The van der Waals surface area contributed by atoms with E-state index in [1.807, 2.05) is 0 Å². The second kappa shape index (κ2) is 6.82. The van der Waals surface area contributed by atoms with Gasteiger partial charge in [-0.05, 0) is 51.7 Å². The zero-order valence-corrected chi connectivity index (χ0v) is 15.5. The number of fused-ring (bicyclic) bond motifs is 1. The third-order valence-electron chi connectivity index (χ3n) is 4.46. The van der Waals surface area contributed by atoms with Gasteiger partial charge in [0.15, 0.2) is 11.6 Å². The number of benzene rings is 1. The molecule has 10 heteroatoms. The molecule has 1 aromatic rings. The number of alkyl halides is 3. The minimum atomic E-state index is -5.07. The van der Waals surface area contributed by atoms with E-state index in [0.29, 0.717) is 6.42 Å². The molecular weight excluding hydrogens is 384 g/mol. The Labute approximate surface area is 158 Å². The van der Waals surface area contributed by atoms with Crippen molar-refractivity contribution in [2.75, 3.05) is 5.32 Å². The Hall–Kier alpha value is -2.52. The molecule has 3 atom stereocenters. The smallest absolute Gasteiger partial charge is 0.444 e. The molecule has 2 amide bonds. The van der Waals surface area contributed by atoms with Crippen molar-refractivity contribution in [3.63, 3.8) is 0 Å². The highest BCUT2D eigenvalue weighted by Crippen LogP contribution is 2.48. The van der Waals surface area contributed by atoms with Crippen molar-refractivity contribution in [2.24, 2.45) is 5.92 Å². The van der Waals surface area contributed by atoms with Crippen LogP contribution >= 0.6 is 0 Å². The van der Waals surface area contributed by atoms with E-state index in [1.54, 1.807) is 20.8 Å². The van der Waals surface area contributed by atoms with Crippen molar-refractivity contribution in [1.82, 2.24) is 4.90 Å². The number of piperidine rings is 1. The minimum absolute atomic E-state index is 0.115. The van der Waals surface area contributed by atoms with E-state index < -0.39 is 47.3 Å². The third kappa shape index (κ3) is 4.48. The zero-order valence-electron chi connectivity index (χ0n) is 15.5. The van der Waals surface area contributed by atoms with E-state index in [1.165, 1.54) is 4.90 Å². The standard InChI is InChI=1S/C18H20F4N2O4/c1-17(2,3)28-16(26)24-11-7-9(11)8-12(24)15(25)23-10-5-4-6-13(14(10)19)27-18(20,21)22/h4-6,9,11-12H,7-8H2,1-3H3,(H,23,25)/t9-,11+,12-/m0/s1. The van der Waals surface area contributed by atoms with Crippen LogP contribution in [0.3, 0.4) is 0 Å². The highest BCUT2D eigenvalue weighted by Gasteiger charge is 2.57. The Balaban J connectivity index is 1.74. The van der Waals surface area contributed by atoms with Crippen LogP contribution in [0.25, 0.3) is 0 Å². The van der Waals surface area contributed by atoms with Crippen molar-refractivity contribution in [3.8, 4) is 5.75 Å². The molecule has 1 N–H and O–H groups in total. The first-order valence-corrected chi connectivity index (χ1v) is 8.72. The Morgan fingerprint density at radius 3 is 2.46 bits per heavy atom. The van der Waals surface area contributed by atoms with E-state index in [9.17, 15) is 27.2 Å². The second-order valence-corrected chi connectivity index (χ2v) is 7.86. The van der Waals surface area contributed by atoms with Crippen LogP contribution in [0.2, 0.25) is 0 Å². The Morgan fingerprint density at radius 1 is 1.18 bits per heavy atom. The number of carbonyl (C=O) groups excluding carboxylic acids is 2. The number of hydrogen-bond acceptors (Lipinski definition) is 4. The van der Waals surface area contributed by atoms with Crippen molar-refractivity contribution < 1.29 is 36.6 Å². The summed E-state index contributed by atoms with van der Waals surface area (Å²) in [5.41, 5.74) is -1.21. The fraction of sp³-hybridized carbons (Fsp3) is 0.556. The lowest BCUT2D eigenvalue weighted by molar-refractivity contribution is -0.275. The number of rotatable bonds is 3. The number of nitrogens with one attached hydrogen (secondary N) is 1.